The van der Waals surface area contributed by atoms with Gasteiger partial charge in [-0.25, -0.2) is 4.79 Å². The van der Waals surface area contributed by atoms with Crippen LogP contribution in [0.4, 0.5) is 13.2 Å². The van der Waals surface area contributed by atoms with Crippen molar-refractivity contribution in [2.45, 2.75) is 44.5 Å². The zero-order valence-corrected chi connectivity index (χ0v) is 12.6. The third-order valence-corrected chi connectivity index (χ3v) is 3.36. The highest BCUT2D eigenvalue weighted by Gasteiger charge is 2.38. The standard InChI is InChI=1S/C11H18N2O3.C2HF3O2/c1-8-11(15)13(5-4-10(14)12-8)7-9-3-2-6-16-9;3-2(4,5)1(6)7/h8-9H,2-7H2,1H3,(H,12,14);(H,6,7)/t8-,9?;/m1./s1. The van der Waals surface area contributed by atoms with Gasteiger partial charge in [-0.1, -0.05) is 0 Å². The Morgan fingerprint density at radius 1 is 1.43 bits per heavy atom. The highest BCUT2D eigenvalue weighted by Crippen LogP contribution is 2.15. The molecule has 23 heavy (non-hydrogen) atoms. The monoisotopic (exact) mass is 340 g/mol. The quantitative estimate of drug-likeness (QED) is 0.765. The van der Waals surface area contributed by atoms with Crippen LogP contribution < -0.4 is 5.32 Å². The summed E-state index contributed by atoms with van der Waals surface area (Å²) in [5.74, 6) is -2.80. The third kappa shape index (κ3) is 6.43. The van der Waals surface area contributed by atoms with Gasteiger partial charge in [-0.3, -0.25) is 9.59 Å². The first kappa shape index (κ1) is 19.2. The highest BCUT2D eigenvalue weighted by atomic mass is 19.4. The number of rotatable bonds is 2. The van der Waals surface area contributed by atoms with Crippen LogP contribution in [0.25, 0.3) is 0 Å². The summed E-state index contributed by atoms with van der Waals surface area (Å²) < 4.78 is 37.2. The van der Waals surface area contributed by atoms with Gasteiger partial charge >= 0.3 is 12.1 Å². The Balaban J connectivity index is 0.000000322. The number of aliphatic carboxylic acids is 1. The van der Waals surface area contributed by atoms with Crippen LogP contribution in [0.1, 0.15) is 26.2 Å². The normalized spacial score (nSPS) is 25.3. The molecule has 0 saturated carbocycles. The minimum atomic E-state index is -5.08. The molecule has 10 heteroatoms. The van der Waals surface area contributed by atoms with Crippen molar-refractivity contribution in [3.05, 3.63) is 0 Å². The summed E-state index contributed by atoms with van der Waals surface area (Å²) in [4.78, 5) is 33.9. The van der Waals surface area contributed by atoms with Crippen molar-refractivity contribution < 1.29 is 37.4 Å². The Bertz CT molecular complexity index is 449. The van der Waals surface area contributed by atoms with Crippen molar-refractivity contribution in [2.24, 2.45) is 0 Å². The van der Waals surface area contributed by atoms with Crippen LogP contribution in [0.15, 0.2) is 0 Å². The van der Waals surface area contributed by atoms with Crippen molar-refractivity contribution >= 4 is 17.8 Å². The molecule has 0 aromatic rings. The molecule has 0 aliphatic carbocycles. The maximum absolute atomic E-state index is 11.9. The Morgan fingerprint density at radius 2 is 2.04 bits per heavy atom. The van der Waals surface area contributed by atoms with Gasteiger partial charge in [0.05, 0.1) is 6.10 Å². The fraction of sp³-hybridized carbons (Fsp3) is 0.769. The summed E-state index contributed by atoms with van der Waals surface area (Å²) >= 11 is 0. The SMILES string of the molecule is C[C@H]1NC(=O)CCN(CC2CCCO2)C1=O.O=C(O)C(F)(F)F. The lowest BCUT2D eigenvalue weighted by Gasteiger charge is -2.24. The molecule has 2 fully saturated rings. The second kappa shape index (κ2) is 8.14. The first-order chi connectivity index (χ1) is 10.6. The van der Waals surface area contributed by atoms with Gasteiger partial charge in [-0.05, 0) is 19.8 Å². The van der Waals surface area contributed by atoms with E-state index >= 15 is 0 Å². The number of carbonyl (C=O) groups excluding carboxylic acids is 2. The van der Waals surface area contributed by atoms with E-state index in [1.807, 2.05) is 0 Å². The fourth-order valence-electron chi connectivity index (χ4n) is 2.21. The molecule has 0 aromatic heterocycles. The van der Waals surface area contributed by atoms with E-state index in [-0.39, 0.29) is 17.9 Å². The van der Waals surface area contributed by atoms with E-state index in [2.05, 4.69) is 5.32 Å². The van der Waals surface area contributed by atoms with Gasteiger partial charge < -0.3 is 20.1 Å². The zero-order valence-electron chi connectivity index (χ0n) is 12.6. The third-order valence-electron chi connectivity index (χ3n) is 3.36. The Hall–Kier alpha value is -1.84. The number of nitrogens with zero attached hydrogens (tertiary/aromatic N) is 1. The highest BCUT2D eigenvalue weighted by molar-refractivity contribution is 5.89. The lowest BCUT2D eigenvalue weighted by atomic mass is 10.2. The second-order valence-corrected chi connectivity index (χ2v) is 5.26. The van der Waals surface area contributed by atoms with E-state index < -0.39 is 18.2 Å². The predicted molar refractivity (Wildman–Crippen MR) is 71.5 cm³/mol. The van der Waals surface area contributed by atoms with Gasteiger partial charge in [-0.15, -0.1) is 0 Å². The average Bonchev–Trinajstić information content (AvgIpc) is 2.91. The first-order valence-electron chi connectivity index (χ1n) is 7.11. The average molecular weight is 340 g/mol. The lowest BCUT2D eigenvalue weighted by Crippen LogP contribution is -2.45. The Kier molecular flexibility index (Phi) is 6.79. The van der Waals surface area contributed by atoms with E-state index in [4.69, 9.17) is 14.6 Å². The number of carboxylic acid groups (broad SMARTS) is 1. The van der Waals surface area contributed by atoms with Gasteiger partial charge in [0.2, 0.25) is 11.8 Å². The number of carboxylic acids is 1. The van der Waals surface area contributed by atoms with Crippen molar-refractivity contribution in [3.8, 4) is 0 Å². The number of amides is 2. The topological polar surface area (TPSA) is 95.9 Å². The van der Waals surface area contributed by atoms with Crippen molar-refractivity contribution in [1.82, 2.24) is 10.2 Å². The van der Waals surface area contributed by atoms with E-state index in [0.29, 0.717) is 19.5 Å². The zero-order chi connectivity index (χ0) is 17.6. The van der Waals surface area contributed by atoms with Crippen LogP contribution in [-0.2, 0) is 19.1 Å². The van der Waals surface area contributed by atoms with E-state index in [1.54, 1.807) is 11.8 Å². The Morgan fingerprint density at radius 3 is 2.52 bits per heavy atom. The van der Waals surface area contributed by atoms with E-state index in [9.17, 15) is 22.8 Å². The van der Waals surface area contributed by atoms with Crippen LogP contribution in [-0.4, -0.2) is 65.8 Å². The molecule has 2 heterocycles. The number of halogens is 3. The smallest absolute Gasteiger partial charge is 0.475 e. The molecule has 2 saturated heterocycles. The molecular weight excluding hydrogens is 321 g/mol. The molecule has 2 aliphatic rings. The summed E-state index contributed by atoms with van der Waals surface area (Å²) in [5, 5.41) is 9.80. The van der Waals surface area contributed by atoms with Crippen LogP contribution in [0.3, 0.4) is 0 Å². The largest absolute Gasteiger partial charge is 0.490 e. The lowest BCUT2D eigenvalue weighted by molar-refractivity contribution is -0.192. The maximum Gasteiger partial charge on any atom is 0.490 e. The molecule has 0 spiro atoms. The summed E-state index contributed by atoms with van der Waals surface area (Å²) in [7, 11) is 0. The number of alkyl halides is 3. The summed E-state index contributed by atoms with van der Waals surface area (Å²) in [6.07, 6.45) is -2.45. The molecule has 2 aliphatic heterocycles. The van der Waals surface area contributed by atoms with Crippen LogP contribution in [0.2, 0.25) is 0 Å². The van der Waals surface area contributed by atoms with E-state index in [1.165, 1.54) is 0 Å². The molecule has 132 valence electrons. The first-order valence-corrected chi connectivity index (χ1v) is 7.11. The van der Waals surface area contributed by atoms with Crippen LogP contribution >= 0.6 is 0 Å². The number of hydrogen-bond donors (Lipinski definition) is 2. The van der Waals surface area contributed by atoms with Gasteiger partial charge in [0.15, 0.2) is 0 Å². The number of ether oxygens (including phenoxy) is 1. The van der Waals surface area contributed by atoms with Crippen molar-refractivity contribution in [2.75, 3.05) is 19.7 Å². The van der Waals surface area contributed by atoms with E-state index in [0.717, 1.165) is 19.4 Å². The summed E-state index contributed by atoms with van der Waals surface area (Å²) in [6, 6.07) is -0.406. The predicted octanol–water partition coefficient (Wildman–Crippen LogP) is 0.536. The molecule has 2 rings (SSSR count). The second-order valence-electron chi connectivity index (χ2n) is 5.26. The van der Waals surface area contributed by atoms with Crippen LogP contribution in [0.5, 0.6) is 0 Å². The molecule has 2 N–H and O–H groups in total. The molecule has 7 nitrogen and oxygen atoms in total. The molecule has 2 amide bonds. The minimum Gasteiger partial charge on any atom is -0.475 e. The van der Waals surface area contributed by atoms with Crippen molar-refractivity contribution in [3.63, 3.8) is 0 Å². The molecule has 2 atom stereocenters. The molecule has 0 bridgehead atoms. The van der Waals surface area contributed by atoms with Crippen molar-refractivity contribution in [1.29, 1.82) is 0 Å². The number of hydrogen-bond acceptors (Lipinski definition) is 4. The molecular formula is C13H19F3N2O5. The van der Waals surface area contributed by atoms with Gasteiger partial charge in [-0.2, -0.15) is 13.2 Å². The van der Waals surface area contributed by atoms with Crippen LogP contribution in [0, 0.1) is 0 Å². The van der Waals surface area contributed by atoms with Gasteiger partial charge in [0, 0.05) is 26.1 Å². The summed E-state index contributed by atoms with van der Waals surface area (Å²) in [5.41, 5.74) is 0. The maximum atomic E-state index is 11.9. The summed E-state index contributed by atoms with van der Waals surface area (Å²) in [6.45, 7) is 3.65. The minimum absolute atomic E-state index is 0.00125. The number of nitrogens with one attached hydrogen (secondary N) is 1. The number of carbonyl (C=O) groups is 3. The fourth-order valence-corrected chi connectivity index (χ4v) is 2.21. The Labute approximate surface area is 130 Å². The van der Waals surface area contributed by atoms with Gasteiger partial charge in [0.1, 0.15) is 6.04 Å². The molecule has 0 radical (unpaired) electrons. The molecule has 0 aromatic carbocycles. The van der Waals surface area contributed by atoms with Gasteiger partial charge in [0.25, 0.3) is 0 Å². The molecule has 1 unspecified atom stereocenters.